The first-order chi connectivity index (χ1) is 23.8. The summed E-state index contributed by atoms with van der Waals surface area (Å²) in [6.45, 7) is 22.3. The SMILES string of the molecule is C=C(C)[C@@H]1CC[C@]2(C(=O)NC3(c4ccccn4)CC3)CC[C@]3(C)C(CCC4[C@@]5(C)CC[C@H](OC(=O)CC(C)(C)C(=O)O)C(C)(C)C5CC[C@]43C)C12. The van der Waals surface area contributed by atoms with E-state index in [0.717, 1.165) is 76.3 Å². The summed E-state index contributed by atoms with van der Waals surface area (Å²) in [5.41, 5.74) is 0.578. The molecular formula is C44H64N2O5. The highest BCUT2D eigenvalue weighted by Crippen LogP contribution is 2.77. The fraction of sp³-hybridized carbons (Fsp3) is 0.773. The van der Waals surface area contributed by atoms with Crippen LogP contribution in [-0.4, -0.2) is 34.0 Å². The summed E-state index contributed by atoms with van der Waals surface area (Å²) in [7, 11) is 0. The highest BCUT2D eigenvalue weighted by molar-refractivity contribution is 5.85. The van der Waals surface area contributed by atoms with Crippen LogP contribution < -0.4 is 5.32 Å². The van der Waals surface area contributed by atoms with Crippen LogP contribution in [0, 0.1) is 62.1 Å². The highest BCUT2D eigenvalue weighted by atomic mass is 16.5. The van der Waals surface area contributed by atoms with E-state index in [1.54, 1.807) is 13.8 Å². The van der Waals surface area contributed by atoms with E-state index in [-0.39, 0.29) is 51.0 Å². The number of nitrogens with zero attached hydrogens (tertiary/aromatic N) is 1. The van der Waals surface area contributed by atoms with Gasteiger partial charge >= 0.3 is 11.9 Å². The van der Waals surface area contributed by atoms with Crippen LogP contribution in [0.3, 0.4) is 0 Å². The van der Waals surface area contributed by atoms with E-state index in [0.29, 0.717) is 29.6 Å². The number of fused-ring (bicyclic) bond motifs is 7. The Bertz CT molecular complexity index is 1600. The second-order valence-electron chi connectivity index (χ2n) is 20.3. The highest BCUT2D eigenvalue weighted by Gasteiger charge is 2.72. The van der Waals surface area contributed by atoms with E-state index in [4.69, 9.17) is 4.74 Å². The number of ether oxygens (including phenoxy) is 1. The molecule has 6 aliphatic carbocycles. The van der Waals surface area contributed by atoms with Crippen LogP contribution in [-0.2, 0) is 24.7 Å². The van der Waals surface area contributed by atoms with Crippen LogP contribution in [0.2, 0.25) is 0 Å². The van der Waals surface area contributed by atoms with Crippen LogP contribution >= 0.6 is 0 Å². The summed E-state index contributed by atoms with van der Waals surface area (Å²) in [5, 5.41) is 13.3. The number of carboxylic acid groups (broad SMARTS) is 1. The number of carboxylic acids is 1. The van der Waals surface area contributed by atoms with E-state index >= 15 is 0 Å². The normalized spacial score (nSPS) is 41.9. The van der Waals surface area contributed by atoms with Gasteiger partial charge in [0.25, 0.3) is 0 Å². The molecule has 7 nitrogen and oxygen atoms in total. The van der Waals surface area contributed by atoms with Crippen molar-refractivity contribution in [2.45, 2.75) is 151 Å². The number of carbonyl (C=O) groups is 3. The summed E-state index contributed by atoms with van der Waals surface area (Å²) in [4.78, 5) is 44.4. The smallest absolute Gasteiger partial charge is 0.309 e. The summed E-state index contributed by atoms with van der Waals surface area (Å²) < 4.78 is 6.18. The number of carbonyl (C=O) groups excluding carboxylic acids is 2. The van der Waals surface area contributed by atoms with Crippen molar-refractivity contribution in [3.8, 4) is 0 Å². The zero-order chi connectivity index (χ0) is 37.0. The minimum absolute atomic E-state index is 0.115. The summed E-state index contributed by atoms with van der Waals surface area (Å²) >= 11 is 0. The third-order valence-corrected chi connectivity index (χ3v) is 17.2. The van der Waals surface area contributed by atoms with E-state index in [1.807, 2.05) is 18.3 Å². The fourth-order valence-electron chi connectivity index (χ4n) is 13.9. The molecule has 4 unspecified atom stereocenters. The van der Waals surface area contributed by atoms with Gasteiger partial charge in [-0.15, -0.1) is 0 Å². The lowest BCUT2D eigenvalue weighted by Gasteiger charge is -2.72. The van der Waals surface area contributed by atoms with Crippen LogP contribution in [0.4, 0.5) is 0 Å². The molecule has 1 aromatic heterocycles. The van der Waals surface area contributed by atoms with Crippen LogP contribution in [0.1, 0.15) is 145 Å². The number of hydrogen-bond donors (Lipinski definition) is 2. The zero-order valence-corrected chi connectivity index (χ0v) is 32.7. The van der Waals surface area contributed by atoms with Crippen molar-refractivity contribution in [2.75, 3.05) is 0 Å². The molecule has 0 aromatic carbocycles. The number of pyridine rings is 1. The molecule has 6 fully saturated rings. The lowest BCUT2D eigenvalue weighted by Crippen LogP contribution is -2.67. The van der Waals surface area contributed by atoms with Crippen molar-refractivity contribution < 1.29 is 24.2 Å². The minimum Gasteiger partial charge on any atom is -0.481 e. The number of esters is 1. The van der Waals surface area contributed by atoms with Crippen molar-refractivity contribution in [1.29, 1.82) is 0 Å². The topological polar surface area (TPSA) is 106 Å². The predicted molar refractivity (Wildman–Crippen MR) is 198 cm³/mol. The summed E-state index contributed by atoms with van der Waals surface area (Å²) in [6, 6.07) is 6.06. The second kappa shape index (κ2) is 11.9. The number of hydrogen-bond acceptors (Lipinski definition) is 5. The maximum atomic E-state index is 14.8. The van der Waals surface area contributed by atoms with Gasteiger partial charge in [-0.25, -0.2) is 0 Å². The molecule has 2 N–H and O–H groups in total. The van der Waals surface area contributed by atoms with Crippen LogP contribution in [0.25, 0.3) is 0 Å². The van der Waals surface area contributed by atoms with E-state index in [1.165, 1.54) is 12.0 Å². The molecule has 7 heteroatoms. The second-order valence-corrected chi connectivity index (χ2v) is 20.3. The van der Waals surface area contributed by atoms with Gasteiger partial charge in [0.05, 0.1) is 28.5 Å². The number of nitrogens with one attached hydrogen (secondary N) is 1. The van der Waals surface area contributed by atoms with Crippen molar-refractivity contribution >= 4 is 17.8 Å². The average Bonchev–Trinajstić information content (AvgIpc) is 3.72. The first-order valence-corrected chi connectivity index (χ1v) is 20.1. The Morgan fingerprint density at radius 1 is 0.902 bits per heavy atom. The summed E-state index contributed by atoms with van der Waals surface area (Å²) in [5.74, 6) is 0.994. The number of allylic oxidation sites excluding steroid dienone is 1. The Morgan fingerprint density at radius 2 is 1.63 bits per heavy atom. The van der Waals surface area contributed by atoms with Crippen LogP contribution in [0.5, 0.6) is 0 Å². The molecule has 1 heterocycles. The third-order valence-electron chi connectivity index (χ3n) is 17.2. The number of aliphatic carboxylic acids is 1. The van der Waals surface area contributed by atoms with Gasteiger partial charge in [0.2, 0.25) is 5.91 Å². The third kappa shape index (κ3) is 5.30. The molecule has 10 atom stereocenters. The Balaban J connectivity index is 1.15. The molecule has 7 rings (SSSR count). The maximum Gasteiger partial charge on any atom is 0.309 e. The molecular weight excluding hydrogens is 636 g/mol. The first-order valence-electron chi connectivity index (χ1n) is 20.1. The Morgan fingerprint density at radius 3 is 2.25 bits per heavy atom. The lowest BCUT2D eigenvalue weighted by atomic mass is 9.32. The molecule has 6 aliphatic rings. The van der Waals surface area contributed by atoms with E-state index < -0.39 is 17.4 Å². The lowest BCUT2D eigenvalue weighted by molar-refractivity contribution is -0.249. The molecule has 0 saturated heterocycles. The Labute approximate surface area is 306 Å². The van der Waals surface area contributed by atoms with Gasteiger partial charge in [0.1, 0.15) is 6.10 Å². The van der Waals surface area contributed by atoms with E-state index in [2.05, 4.69) is 64.5 Å². The largest absolute Gasteiger partial charge is 0.481 e. The van der Waals surface area contributed by atoms with Gasteiger partial charge in [-0.2, -0.15) is 0 Å². The number of rotatable bonds is 8. The molecule has 0 spiro atoms. The molecule has 280 valence electrons. The molecule has 0 aliphatic heterocycles. The van der Waals surface area contributed by atoms with Crippen molar-refractivity contribution in [3.05, 3.63) is 42.2 Å². The molecule has 51 heavy (non-hydrogen) atoms. The quantitative estimate of drug-likeness (QED) is 0.207. The average molecular weight is 701 g/mol. The fourth-order valence-corrected chi connectivity index (χ4v) is 13.9. The van der Waals surface area contributed by atoms with Gasteiger partial charge in [0, 0.05) is 11.6 Å². The predicted octanol–water partition coefficient (Wildman–Crippen LogP) is 9.26. The molecule has 1 aromatic rings. The van der Waals surface area contributed by atoms with Crippen molar-refractivity contribution in [1.82, 2.24) is 10.3 Å². The van der Waals surface area contributed by atoms with Gasteiger partial charge in [-0.1, -0.05) is 52.8 Å². The standard InChI is InChI=1S/C44H64N2O5/c1-27(2)28-15-20-43(36(48)46-44(23-24-44)32-12-10-11-25-45-32)22-21-41(8)29(35(28)43)13-14-31-40(7)18-17-33(51-34(47)26-38(3,4)37(49)50)39(5,6)30(40)16-19-42(31,41)9/h10-12,25,28-31,33,35H,1,13-24,26H2,2-9H3,(H,46,48)(H,49,50)/t28-,29?,30?,31?,33-,35?,40-,41+,42+,43-/m0/s1. The van der Waals surface area contributed by atoms with E-state index in [9.17, 15) is 19.5 Å². The zero-order valence-electron chi connectivity index (χ0n) is 32.7. The molecule has 6 saturated carbocycles. The maximum absolute atomic E-state index is 14.8. The Hall–Kier alpha value is -2.70. The monoisotopic (exact) mass is 700 g/mol. The van der Waals surface area contributed by atoms with Gasteiger partial charge in [-0.05, 0) is 156 Å². The van der Waals surface area contributed by atoms with Gasteiger partial charge in [0.15, 0.2) is 0 Å². The first kappa shape index (κ1) is 36.6. The molecule has 1 amide bonds. The van der Waals surface area contributed by atoms with Gasteiger partial charge < -0.3 is 15.2 Å². The minimum atomic E-state index is -1.15. The van der Waals surface area contributed by atoms with Gasteiger partial charge in [-0.3, -0.25) is 19.4 Å². The number of amides is 1. The number of aromatic nitrogens is 1. The Kier molecular flexibility index (Phi) is 8.55. The summed E-state index contributed by atoms with van der Waals surface area (Å²) in [6.07, 6.45) is 13.8. The van der Waals surface area contributed by atoms with Crippen molar-refractivity contribution in [3.63, 3.8) is 0 Å². The van der Waals surface area contributed by atoms with Crippen molar-refractivity contribution in [2.24, 2.45) is 62.1 Å². The molecule has 0 bridgehead atoms. The van der Waals surface area contributed by atoms with Crippen LogP contribution in [0.15, 0.2) is 36.5 Å². The molecule has 0 radical (unpaired) electrons.